The molecular formula is C30H33N5O6. The average Bonchev–Trinajstić information content (AvgIpc) is 3.59. The molecule has 2 saturated heterocycles. The Morgan fingerprint density at radius 3 is 2.41 bits per heavy atom. The van der Waals surface area contributed by atoms with Crippen molar-refractivity contribution in [3.05, 3.63) is 65.4 Å². The van der Waals surface area contributed by atoms with Crippen LogP contribution in [0.5, 0.6) is 0 Å². The summed E-state index contributed by atoms with van der Waals surface area (Å²) in [4.78, 5) is 58.8. The molecular weight excluding hydrogens is 526 g/mol. The number of likely N-dealkylation sites (tertiary alicyclic amines) is 2. The van der Waals surface area contributed by atoms with Crippen molar-refractivity contribution in [2.75, 3.05) is 31.5 Å². The second-order valence-corrected chi connectivity index (χ2v) is 10.4. The highest BCUT2D eigenvalue weighted by molar-refractivity contribution is 6.11. The first-order valence-corrected chi connectivity index (χ1v) is 13.8. The van der Waals surface area contributed by atoms with Crippen molar-refractivity contribution in [2.24, 2.45) is 4.99 Å². The third-order valence-corrected chi connectivity index (χ3v) is 7.35. The molecule has 2 aromatic carbocycles. The number of rotatable bonds is 6. The van der Waals surface area contributed by atoms with Crippen LogP contribution in [0.15, 0.2) is 57.9 Å². The van der Waals surface area contributed by atoms with Gasteiger partial charge >= 0.3 is 5.97 Å². The van der Waals surface area contributed by atoms with Gasteiger partial charge in [-0.05, 0) is 87.6 Å². The molecule has 3 aromatic rings. The third-order valence-electron chi connectivity index (χ3n) is 7.35. The molecule has 1 atom stereocenters. The van der Waals surface area contributed by atoms with E-state index >= 15 is 0 Å². The minimum Gasteiger partial charge on any atom is -0.478 e. The van der Waals surface area contributed by atoms with Crippen molar-refractivity contribution >= 4 is 46.3 Å². The summed E-state index contributed by atoms with van der Waals surface area (Å²) in [7, 11) is 0. The fraction of sp³-hybridized carbons (Fsp3) is 0.367. The topological polar surface area (TPSA) is 145 Å². The number of nitrogens with zero attached hydrogens (tertiary/aromatic N) is 3. The zero-order valence-corrected chi connectivity index (χ0v) is 22.9. The van der Waals surface area contributed by atoms with E-state index in [4.69, 9.17) is 4.42 Å². The van der Waals surface area contributed by atoms with Gasteiger partial charge in [0.1, 0.15) is 17.4 Å². The van der Waals surface area contributed by atoms with E-state index < -0.39 is 17.9 Å². The molecule has 2 aliphatic rings. The molecule has 11 nitrogen and oxygen atoms in total. The van der Waals surface area contributed by atoms with Gasteiger partial charge in [-0.25, -0.2) is 9.79 Å². The molecule has 0 saturated carbocycles. The molecule has 0 bridgehead atoms. The van der Waals surface area contributed by atoms with Crippen LogP contribution in [-0.4, -0.2) is 76.8 Å². The summed E-state index contributed by atoms with van der Waals surface area (Å²) >= 11 is 0. The number of carboxylic acid groups (broad SMARTS) is 1. The van der Waals surface area contributed by atoms with Crippen LogP contribution in [0.25, 0.3) is 11.0 Å². The number of carbonyl (C=O) groups excluding carboxylic acids is 3. The number of benzene rings is 2. The average molecular weight is 560 g/mol. The number of hydrogen-bond donors (Lipinski definition) is 3. The Morgan fingerprint density at radius 2 is 1.68 bits per heavy atom. The summed E-state index contributed by atoms with van der Waals surface area (Å²) in [6.45, 7) is 3.79. The van der Waals surface area contributed by atoms with Crippen molar-refractivity contribution in [1.82, 2.24) is 15.1 Å². The molecule has 11 heteroatoms. The second kappa shape index (κ2) is 12.2. The fourth-order valence-electron chi connectivity index (χ4n) is 5.18. The van der Waals surface area contributed by atoms with Gasteiger partial charge < -0.3 is 24.6 Å². The summed E-state index contributed by atoms with van der Waals surface area (Å²) in [6.07, 6.45) is 3.93. The summed E-state index contributed by atoms with van der Waals surface area (Å²) in [5.74, 6) is -1.09. The lowest BCUT2D eigenvalue weighted by Crippen LogP contribution is -2.45. The lowest BCUT2D eigenvalue weighted by atomic mass is 10.1. The van der Waals surface area contributed by atoms with Gasteiger partial charge in [-0.2, -0.15) is 0 Å². The lowest BCUT2D eigenvalue weighted by molar-refractivity contribution is -0.140. The van der Waals surface area contributed by atoms with E-state index in [-0.39, 0.29) is 35.4 Å². The number of carboxylic acids is 1. The van der Waals surface area contributed by atoms with Gasteiger partial charge in [-0.3, -0.25) is 19.7 Å². The highest BCUT2D eigenvalue weighted by atomic mass is 16.4. The van der Waals surface area contributed by atoms with E-state index in [2.05, 4.69) is 15.6 Å². The Kier molecular flexibility index (Phi) is 8.32. The number of aryl methyl sites for hydroxylation is 1. The van der Waals surface area contributed by atoms with Crippen LogP contribution in [-0.2, 0) is 9.59 Å². The maximum absolute atomic E-state index is 13.6. The molecule has 0 unspecified atom stereocenters. The first kappa shape index (κ1) is 27.9. The summed E-state index contributed by atoms with van der Waals surface area (Å²) < 4.78 is 5.66. The van der Waals surface area contributed by atoms with Gasteiger partial charge in [0.15, 0.2) is 0 Å². The Hall–Kier alpha value is -4.67. The van der Waals surface area contributed by atoms with E-state index in [0.717, 1.165) is 49.9 Å². The molecule has 2 fully saturated rings. The number of hydrogen-bond acceptors (Lipinski definition) is 6. The highest BCUT2D eigenvalue weighted by Crippen LogP contribution is 2.23. The number of nitrogens with one attached hydrogen (secondary N) is 2. The van der Waals surface area contributed by atoms with Crippen LogP contribution in [0.2, 0.25) is 0 Å². The van der Waals surface area contributed by atoms with Crippen LogP contribution in [0, 0.1) is 6.92 Å². The number of guanidine groups is 1. The van der Waals surface area contributed by atoms with Crippen LogP contribution >= 0.6 is 0 Å². The second-order valence-electron chi connectivity index (χ2n) is 10.4. The number of carbonyl (C=O) groups is 4. The minimum absolute atomic E-state index is 0.0202. The van der Waals surface area contributed by atoms with Crippen LogP contribution in [0.4, 0.5) is 5.69 Å². The number of aromatic carboxylic acids is 1. The molecule has 3 amide bonds. The number of fused-ring (bicyclic) bond motifs is 1. The molecule has 41 heavy (non-hydrogen) atoms. The number of furan rings is 1. The highest BCUT2D eigenvalue weighted by Gasteiger charge is 2.30. The van der Waals surface area contributed by atoms with Gasteiger partial charge in [0, 0.05) is 36.3 Å². The maximum atomic E-state index is 13.6. The van der Waals surface area contributed by atoms with Crippen molar-refractivity contribution in [2.45, 2.75) is 45.1 Å². The maximum Gasteiger partial charge on any atom is 0.335 e. The molecule has 0 aliphatic carbocycles. The quantitative estimate of drug-likeness (QED) is 0.309. The third kappa shape index (κ3) is 6.74. The van der Waals surface area contributed by atoms with Crippen molar-refractivity contribution in [3.8, 4) is 0 Å². The molecule has 0 radical (unpaired) electrons. The SMILES string of the molecule is Cc1cc2cc(NC(=N[C@H]3CCCCN(CC(=O)N4CCCC4)C3=O)NC(=O)c3ccc(C(=O)O)cc3)ccc2o1. The van der Waals surface area contributed by atoms with Crippen LogP contribution in [0.3, 0.4) is 0 Å². The van der Waals surface area contributed by atoms with Gasteiger partial charge in [0.05, 0.1) is 12.1 Å². The van der Waals surface area contributed by atoms with Gasteiger partial charge in [0.25, 0.3) is 5.91 Å². The minimum atomic E-state index is -1.09. The van der Waals surface area contributed by atoms with E-state index in [1.54, 1.807) is 21.9 Å². The van der Waals surface area contributed by atoms with Gasteiger partial charge in [0.2, 0.25) is 17.8 Å². The molecule has 3 heterocycles. The Labute approximate surface area is 237 Å². The smallest absolute Gasteiger partial charge is 0.335 e. The zero-order valence-electron chi connectivity index (χ0n) is 22.9. The summed E-state index contributed by atoms with van der Waals surface area (Å²) in [5, 5.41) is 15.9. The largest absolute Gasteiger partial charge is 0.478 e. The molecule has 5 rings (SSSR count). The van der Waals surface area contributed by atoms with Gasteiger partial charge in [-0.15, -0.1) is 0 Å². The number of amides is 3. The first-order valence-electron chi connectivity index (χ1n) is 13.8. The molecule has 1 aromatic heterocycles. The van der Waals surface area contributed by atoms with Crippen LogP contribution in [0.1, 0.15) is 58.6 Å². The first-order chi connectivity index (χ1) is 19.8. The molecule has 3 N–H and O–H groups in total. The lowest BCUT2D eigenvalue weighted by Gasteiger charge is -2.25. The van der Waals surface area contributed by atoms with E-state index in [1.165, 1.54) is 24.3 Å². The van der Waals surface area contributed by atoms with Gasteiger partial charge in [-0.1, -0.05) is 0 Å². The Balaban J connectivity index is 1.40. The van der Waals surface area contributed by atoms with Crippen molar-refractivity contribution in [3.63, 3.8) is 0 Å². The van der Waals surface area contributed by atoms with Crippen molar-refractivity contribution in [1.29, 1.82) is 0 Å². The summed E-state index contributed by atoms with van der Waals surface area (Å²) in [6, 6.07) is 12.1. The molecule has 214 valence electrons. The number of anilines is 1. The normalized spacial score (nSPS) is 17.9. The van der Waals surface area contributed by atoms with Crippen molar-refractivity contribution < 1.29 is 28.7 Å². The zero-order chi connectivity index (χ0) is 28.9. The Morgan fingerprint density at radius 1 is 0.976 bits per heavy atom. The predicted molar refractivity (Wildman–Crippen MR) is 153 cm³/mol. The molecule has 2 aliphatic heterocycles. The van der Waals surface area contributed by atoms with E-state index in [1.807, 2.05) is 19.1 Å². The van der Waals surface area contributed by atoms with E-state index in [9.17, 15) is 24.3 Å². The Bertz CT molecular complexity index is 1490. The van der Waals surface area contributed by atoms with Crippen LogP contribution < -0.4 is 10.6 Å². The van der Waals surface area contributed by atoms with E-state index in [0.29, 0.717) is 24.2 Å². The monoisotopic (exact) mass is 559 g/mol. The predicted octanol–water partition coefficient (Wildman–Crippen LogP) is 3.64. The molecule has 0 spiro atoms. The standard InChI is InChI=1S/C30H33N5O6/c1-19-16-22-17-23(11-12-25(22)41-19)31-30(33-27(37)20-7-9-21(10-8-20)29(39)40)32-24-6-2-3-15-35(28(24)38)18-26(36)34-13-4-5-14-34/h7-12,16-17,24H,2-6,13-15,18H2,1H3,(H,39,40)(H2,31,32,33,37)/t24-/m0/s1. The summed E-state index contributed by atoms with van der Waals surface area (Å²) in [5.41, 5.74) is 1.63. The number of aliphatic imine (C=N–C) groups is 1. The fourth-order valence-corrected chi connectivity index (χ4v) is 5.18.